The van der Waals surface area contributed by atoms with E-state index in [2.05, 4.69) is 40.0 Å². The van der Waals surface area contributed by atoms with Crippen molar-refractivity contribution in [1.82, 2.24) is 4.90 Å². The molecule has 1 aromatic rings. The average Bonchev–Trinajstić information content (AvgIpc) is 2.26. The third-order valence-electron chi connectivity index (χ3n) is 2.86. The van der Waals surface area contributed by atoms with Gasteiger partial charge in [-0.05, 0) is 38.2 Å². The second kappa shape index (κ2) is 6.91. The molecule has 5 heteroatoms. The molecular formula is C14H21BrN2O2. The van der Waals surface area contributed by atoms with E-state index in [0.717, 1.165) is 16.7 Å². The molecule has 1 rings (SSSR count). The molecule has 1 aromatic carbocycles. The fourth-order valence-corrected chi connectivity index (χ4v) is 2.32. The van der Waals surface area contributed by atoms with Gasteiger partial charge in [-0.3, -0.25) is 0 Å². The second-order valence-electron chi connectivity index (χ2n) is 5.29. The van der Waals surface area contributed by atoms with Crippen molar-refractivity contribution in [3.63, 3.8) is 0 Å². The van der Waals surface area contributed by atoms with Crippen LogP contribution in [0.3, 0.4) is 0 Å². The number of likely N-dealkylation sites (N-methyl/N-ethyl adjacent to an activating group) is 1. The minimum absolute atomic E-state index is 0.269. The number of aromatic carboxylic acids is 1. The van der Waals surface area contributed by atoms with Crippen molar-refractivity contribution in [2.75, 3.05) is 26.0 Å². The van der Waals surface area contributed by atoms with Crippen molar-refractivity contribution >= 4 is 27.6 Å². The molecule has 4 nitrogen and oxygen atoms in total. The molecule has 0 bridgehead atoms. The summed E-state index contributed by atoms with van der Waals surface area (Å²) in [5.74, 6) is -0.465. The molecule has 0 saturated carbocycles. The van der Waals surface area contributed by atoms with E-state index in [1.54, 1.807) is 12.1 Å². The van der Waals surface area contributed by atoms with Gasteiger partial charge in [0.15, 0.2) is 0 Å². The predicted octanol–water partition coefficient (Wildman–Crippen LogP) is 3.15. The Morgan fingerprint density at radius 2 is 2.00 bits per heavy atom. The van der Waals surface area contributed by atoms with Gasteiger partial charge >= 0.3 is 5.97 Å². The lowest BCUT2D eigenvalue weighted by atomic mass is 10.0. The summed E-state index contributed by atoms with van der Waals surface area (Å²) in [5.41, 5.74) is 1.11. The summed E-state index contributed by atoms with van der Waals surface area (Å²) >= 11 is 3.35. The highest BCUT2D eigenvalue weighted by Crippen LogP contribution is 2.21. The molecule has 0 aliphatic rings. The van der Waals surface area contributed by atoms with Crippen LogP contribution < -0.4 is 5.32 Å². The van der Waals surface area contributed by atoms with Crippen molar-refractivity contribution in [3.05, 3.63) is 28.2 Å². The Kier molecular flexibility index (Phi) is 5.82. The van der Waals surface area contributed by atoms with Crippen molar-refractivity contribution in [3.8, 4) is 0 Å². The van der Waals surface area contributed by atoms with Crippen LogP contribution in [-0.2, 0) is 0 Å². The monoisotopic (exact) mass is 328 g/mol. The number of hydrogen-bond acceptors (Lipinski definition) is 3. The maximum atomic E-state index is 11.0. The van der Waals surface area contributed by atoms with Crippen LogP contribution in [0.1, 0.15) is 24.2 Å². The molecule has 1 unspecified atom stereocenters. The third-order valence-corrected chi connectivity index (χ3v) is 3.32. The highest BCUT2D eigenvalue weighted by Gasteiger charge is 2.15. The Labute approximate surface area is 122 Å². The lowest BCUT2D eigenvalue weighted by Gasteiger charge is -2.26. The molecule has 1 atom stereocenters. The number of rotatable bonds is 6. The first-order valence-corrected chi connectivity index (χ1v) is 7.04. The number of nitrogens with one attached hydrogen (secondary N) is 1. The van der Waals surface area contributed by atoms with E-state index in [1.807, 2.05) is 20.2 Å². The van der Waals surface area contributed by atoms with Gasteiger partial charge in [-0.15, -0.1) is 0 Å². The number of hydrogen-bond donors (Lipinski definition) is 2. The van der Waals surface area contributed by atoms with Crippen LogP contribution >= 0.6 is 15.9 Å². The smallest absolute Gasteiger partial charge is 0.335 e. The summed E-state index contributed by atoms with van der Waals surface area (Å²) in [5, 5.41) is 12.5. The van der Waals surface area contributed by atoms with E-state index in [9.17, 15) is 4.79 Å². The summed E-state index contributed by atoms with van der Waals surface area (Å²) in [7, 11) is 4.06. The van der Waals surface area contributed by atoms with E-state index < -0.39 is 5.97 Å². The van der Waals surface area contributed by atoms with Crippen LogP contribution in [-0.4, -0.2) is 42.7 Å². The Balaban J connectivity index is 2.92. The Bertz CT molecular complexity index is 447. The van der Waals surface area contributed by atoms with Crippen LogP contribution in [0.2, 0.25) is 0 Å². The van der Waals surface area contributed by atoms with Gasteiger partial charge in [0.05, 0.1) is 5.56 Å². The molecule has 106 valence electrons. The summed E-state index contributed by atoms with van der Waals surface area (Å²) < 4.78 is 0.766. The van der Waals surface area contributed by atoms with Gasteiger partial charge < -0.3 is 15.3 Å². The summed E-state index contributed by atoms with van der Waals surface area (Å²) in [4.78, 5) is 13.2. The fraction of sp³-hybridized carbons (Fsp3) is 0.500. The van der Waals surface area contributed by atoms with Crippen LogP contribution in [0.25, 0.3) is 0 Å². The molecule has 19 heavy (non-hydrogen) atoms. The zero-order valence-corrected chi connectivity index (χ0v) is 13.4. The first-order valence-electron chi connectivity index (χ1n) is 6.24. The van der Waals surface area contributed by atoms with Gasteiger partial charge in [-0.2, -0.15) is 0 Å². The lowest BCUT2D eigenvalue weighted by Crippen LogP contribution is -2.36. The SMILES string of the molecule is CC(C)C(CN(C)C)Nc1cc(Br)cc(C(=O)O)c1. The molecule has 0 radical (unpaired) electrons. The second-order valence-corrected chi connectivity index (χ2v) is 6.21. The van der Waals surface area contributed by atoms with Crippen LogP contribution in [0.5, 0.6) is 0 Å². The Hall–Kier alpha value is -1.07. The molecule has 2 N–H and O–H groups in total. The van der Waals surface area contributed by atoms with Gasteiger partial charge in [0.25, 0.3) is 0 Å². The highest BCUT2D eigenvalue weighted by molar-refractivity contribution is 9.10. The summed E-state index contributed by atoms with van der Waals surface area (Å²) in [6.45, 7) is 5.20. The zero-order chi connectivity index (χ0) is 14.6. The van der Waals surface area contributed by atoms with Gasteiger partial charge in [-0.25, -0.2) is 4.79 Å². The molecular weight excluding hydrogens is 308 g/mol. The van der Waals surface area contributed by atoms with E-state index in [-0.39, 0.29) is 11.6 Å². The van der Waals surface area contributed by atoms with Crippen molar-refractivity contribution in [1.29, 1.82) is 0 Å². The number of carboxylic acid groups (broad SMARTS) is 1. The van der Waals surface area contributed by atoms with E-state index in [0.29, 0.717) is 5.92 Å². The molecule has 0 heterocycles. The standard InChI is InChI=1S/C14H21BrN2O2/c1-9(2)13(8-17(3)4)16-12-6-10(14(18)19)5-11(15)7-12/h5-7,9,13,16H,8H2,1-4H3,(H,18,19). The number of benzene rings is 1. The number of carbonyl (C=O) groups is 1. The van der Waals surface area contributed by atoms with Gasteiger partial charge in [-0.1, -0.05) is 29.8 Å². The normalized spacial score (nSPS) is 12.8. The van der Waals surface area contributed by atoms with Crippen molar-refractivity contribution in [2.45, 2.75) is 19.9 Å². The molecule has 0 aromatic heterocycles. The quantitative estimate of drug-likeness (QED) is 0.842. The van der Waals surface area contributed by atoms with Crippen molar-refractivity contribution < 1.29 is 9.90 Å². The average molecular weight is 329 g/mol. The van der Waals surface area contributed by atoms with E-state index in [4.69, 9.17) is 5.11 Å². The molecule has 0 spiro atoms. The number of carboxylic acids is 1. The Morgan fingerprint density at radius 3 is 2.47 bits per heavy atom. The van der Waals surface area contributed by atoms with Crippen LogP contribution in [0.15, 0.2) is 22.7 Å². The first-order chi connectivity index (χ1) is 8.79. The number of anilines is 1. The molecule has 0 saturated heterocycles. The minimum Gasteiger partial charge on any atom is -0.478 e. The van der Waals surface area contributed by atoms with Gasteiger partial charge in [0.1, 0.15) is 0 Å². The van der Waals surface area contributed by atoms with E-state index >= 15 is 0 Å². The topological polar surface area (TPSA) is 52.6 Å². The van der Waals surface area contributed by atoms with Crippen molar-refractivity contribution in [2.24, 2.45) is 5.92 Å². The molecule has 0 fully saturated rings. The highest BCUT2D eigenvalue weighted by atomic mass is 79.9. The minimum atomic E-state index is -0.918. The first kappa shape index (κ1) is 16.0. The molecule has 0 aliphatic heterocycles. The zero-order valence-electron chi connectivity index (χ0n) is 11.8. The Morgan fingerprint density at radius 1 is 1.37 bits per heavy atom. The lowest BCUT2D eigenvalue weighted by molar-refractivity contribution is 0.0697. The number of halogens is 1. The maximum absolute atomic E-state index is 11.0. The largest absolute Gasteiger partial charge is 0.478 e. The van der Waals surface area contributed by atoms with Crippen LogP contribution in [0.4, 0.5) is 5.69 Å². The van der Waals surface area contributed by atoms with Gasteiger partial charge in [0.2, 0.25) is 0 Å². The summed E-state index contributed by atoms with van der Waals surface area (Å²) in [6.07, 6.45) is 0. The number of nitrogens with zero attached hydrogens (tertiary/aromatic N) is 1. The maximum Gasteiger partial charge on any atom is 0.335 e. The summed E-state index contributed by atoms with van der Waals surface area (Å²) in [6, 6.07) is 5.44. The van der Waals surface area contributed by atoms with Gasteiger partial charge in [0, 0.05) is 22.7 Å². The third kappa shape index (κ3) is 5.20. The van der Waals surface area contributed by atoms with E-state index in [1.165, 1.54) is 0 Å². The fourth-order valence-electron chi connectivity index (χ4n) is 1.83. The molecule has 0 aliphatic carbocycles. The molecule has 0 amide bonds. The van der Waals surface area contributed by atoms with Crippen LogP contribution in [0, 0.1) is 5.92 Å². The predicted molar refractivity (Wildman–Crippen MR) is 81.9 cm³/mol.